The van der Waals surface area contributed by atoms with E-state index in [1.807, 2.05) is 12.2 Å². The number of aliphatic hydroxyl groups excluding tert-OH is 1. The van der Waals surface area contributed by atoms with Gasteiger partial charge in [-0.1, -0.05) is 45.8 Å². The van der Waals surface area contributed by atoms with Gasteiger partial charge in [0, 0.05) is 18.8 Å². The van der Waals surface area contributed by atoms with Crippen LogP contribution in [0.4, 0.5) is 0 Å². The van der Waals surface area contributed by atoms with Crippen LogP contribution in [0.5, 0.6) is 0 Å². The molecule has 0 aromatic heterocycles. The van der Waals surface area contributed by atoms with Gasteiger partial charge in [-0.05, 0) is 56.3 Å². The summed E-state index contributed by atoms with van der Waals surface area (Å²) in [4.78, 5) is 22.7. The summed E-state index contributed by atoms with van der Waals surface area (Å²) in [6.07, 6.45) is 12.7. The zero-order valence-electron chi connectivity index (χ0n) is 16.9. The second kappa shape index (κ2) is 11.5. The first-order valence-electron chi connectivity index (χ1n) is 10.4. The van der Waals surface area contributed by atoms with Gasteiger partial charge < -0.3 is 10.2 Å². The minimum atomic E-state index is -0.759. The molecule has 0 aromatic rings. The molecular weight excluding hydrogens is 328 g/mol. The number of carbonyl (C=O) groups is 2. The number of carboxylic acid groups (broad SMARTS) is 1. The van der Waals surface area contributed by atoms with Crippen molar-refractivity contribution in [2.75, 3.05) is 0 Å². The van der Waals surface area contributed by atoms with Crippen LogP contribution < -0.4 is 0 Å². The summed E-state index contributed by atoms with van der Waals surface area (Å²) >= 11 is 0. The van der Waals surface area contributed by atoms with Crippen LogP contribution in [0.1, 0.15) is 91.4 Å². The molecule has 150 valence electrons. The van der Waals surface area contributed by atoms with Crippen molar-refractivity contribution in [2.45, 2.75) is 97.5 Å². The standard InChI is InChI=1S/C22H38O4/c1-4-5-16-22(2,3)20(24)15-13-17-12-14-19(23)18(17)10-8-6-7-9-11-21(25)26/h6,8,17-18,20,24H,4-5,7,9-16H2,1-3H3,(H,25,26)/b8-6-/t17-,18-,20-/m1/s1. The molecule has 0 saturated heterocycles. The topological polar surface area (TPSA) is 74.6 Å². The van der Waals surface area contributed by atoms with E-state index in [0.29, 0.717) is 24.5 Å². The highest BCUT2D eigenvalue weighted by Crippen LogP contribution is 2.37. The minimum Gasteiger partial charge on any atom is -0.481 e. The van der Waals surface area contributed by atoms with Gasteiger partial charge in [0.25, 0.3) is 0 Å². The van der Waals surface area contributed by atoms with E-state index in [2.05, 4.69) is 20.8 Å². The quantitative estimate of drug-likeness (QED) is 0.349. The van der Waals surface area contributed by atoms with E-state index in [1.165, 1.54) is 0 Å². The molecule has 0 amide bonds. The summed E-state index contributed by atoms with van der Waals surface area (Å²) in [6, 6.07) is 0. The predicted octanol–water partition coefficient (Wildman–Crippen LogP) is 5.14. The molecule has 4 nitrogen and oxygen atoms in total. The Balaban J connectivity index is 2.41. The third-order valence-electron chi connectivity index (χ3n) is 5.95. The monoisotopic (exact) mass is 366 g/mol. The number of unbranched alkanes of at least 4 members (excludes halogenated alkanes) is 2. The Morgan fingerprint density at radius 3 is 2.69 bits per heavy atom. The Hall–Kier alpha value is -1.16. The van der Waals surface area contributed by atoms with Gasteiger partial charge in [0.15, 0.2) is 0 Å². The van der Waals surface area contributed by atoms with Crippen LogP contribution in [0.2, 0.25) is 0 Å². The Morgan fingerprint density at radius 1 is 1.31 bits per heavy atom. The second-order valence-electron chi connectivity index (χ2n) is 8.55. The highest BCUT2D eigenvalue weighted by Gasteiger charge is 2.35. The Bertz CT molecular complexity index is 467. The Morgan fingerprint density at radius 2 is 2.04 bits per heavy atom. The van der Waals surface area contributed by atoms with Gasteiger partial charge in [0.1, 0.15) is 5.78 Å². The van der Waals surface area contributed by atoms with E-state index in [9.17, 15) is 14.7 Å². The van der Waals surface area contributed by atoms with E-state index in [0.717, 1.165) is 51.4 Å². The van der Waals surface area contributed by atoms with Crippen LogP contribution in [0.25, 0.3) is 0 Å². The van der Waals surface area contributed by atoms with Crippen LogP contribution in [-0.4, -0.2) is 28.1 Å². The molecule has 1 rings (SSSR count). The summed E-state index contributed by atoms with van der Waals surface area (Å²) in [5.74, 6) is 0.0502. The van der Waals surface area contributed by atoms with Gasteiger partial charge in [0.05, 0.1) is 6.10 Å². The molecule has 1 aliphatic carbocycles. The summed E-state index contributed by atoms with van der Waals surface area (Å²) in [6.45, 7) is 6.46. The summed E-state index contributed by atoms with van der Waals surface area (Å²) in [7, 11) is 0. The third kappa shape index (κ3) is 8.03. The molecule has 0 bridgehead atoms. The van der Waals surface area contributed by atoms with Crippen molar-refractivity contribution in [1.29, 1.82) is 0 Å². The van der Waals surface area contributed by atoms with Crippen molar-refractivity contribution in [1.82, 2.24) is 0 Å². The maximum Gasteiger partial charge on any atom is 0.303 e. The molecule has 2 N–H and O–H groups in total. The van der Waals surface area contributed by atoms with Gasteiger partial charge in [-0.25, -0.2) is 0 Å². The fraction of sp³-hybridized carbons (Fsp3) is 0.818. The average molecular weight is 367 g/mol. The third-order valence-corrected chi connectivity index (χ3v) is 5.95. The lowest BCUT2D eigenvalue weighted by atomic mass is 9.77. The van der Waals surface area contributed by atoms with Crippen LogP contribution in [0, 0.1) is 17.3 Å². The number of hydrogen-bond acceptors (Lipinski definition) is 3. The first-order chi connectivity index (χ1) is 12.3. The molecule has 1 saturated carbocycles. The SMILES string of the molecule is CCCCC(C)(C)[C@H](O)CC[C@H]1CCC(=O)[C@@H]1C/C=C\CCCC(=O)O. The highest BCUT2D eigenvalue weighted by molar-refractivity contribution is 5.83. The van der Waals surface area contributed by atoms with Gasteiger partial charge in [-0.3, -0.25) is 9.59 Å². The fourth-order valence-electron chi connectivity index (χ4n) is 3.94. The van der Waals surface area contributed by atoms with Crippen LogP contribution in [0.15, 0.2) is 12.2 Å². The lowest BCUT2D eigenvalue weighted by Crippen LogP contribution is -2.30. The molecule has 0 spiro atoms. The summed E-state index contributed by atoms with van der Waals surface area (Å²) in [5, 5.41) is 19.2. The van der Waals surface area contributed by atoms with E-state index < -0.39 is 5.97 Å². The van der Waals surface area contributed by atoms with E-state index in [1.54, 1.807) is 0 Å². The number of carboxylic acids is 1. The molecule has 3 atom stereocenters. The Kier molecular flexibility index (Phi) is 10.1. The number of allylic oxidation sites excluding steroid dienone is 2. The Labute approximate surface area is 159 Å². The zero-order valence-corrected chi connectivity index (χ0v) is 16.9. The van der Waals surface area contributed by atoms with Crippen molar-refractivity contribution >= 4 is 11.8 Å². The number of aliphatic hydroxyl groups is 1. The molecule has 0 unspecified atom stereocenters. The first kappa shape index (κ1) is 22.9. The van der Waals surface area contributed by atoms with Gasteiger partial charge in [0.2, 0.25) is 0 Å². The maximum atomic E-state index is 12.2. The number of aliphatic carboxylic acids is 1. The van der Waals surface area contributed by atoms with Crippen molar-refractivity contribution in [3.8, 4) is 0 Å². The maximum absolute atomic E-state index is 12.2. The molecule has 4 heteroatoms. The summed E-state index contributed by atoms with van der Waals surface area (Å²) in [5.41, 5.74) is -0.0574. The second-order valence-corrected chi connectivity index (χ2v) is 8.55. The number of carbonyl (C=O) groups excluding carboxylic acids is 1. The van der Waals surface area contributed by atoms with Crippen molar-refractivity contribution in [3.05, 3.63) is 12.2 Å². The largest absolute Gasteiger partial charge is 0.481 e. The van der Waals surface area contributed by atoms with Crippen LogP contribution >= 0.6 is 0 Å². The average Bonchev–Trinajstić information content (AvgIpc) is 2.93. The number of Topliss-reactive ketones (excluding diaryl/α,β-unsaturated/α-hetero) is 1. The number of hydrogen-bond donors (Lipinski definition) is 2. The summed E-state index contributed by atoms with van der Waals surface area (Å²) < 4.78 is 0. The molecule has 1 fully saturated rings. The van der Waals surface area contributed by atoms with Crippen molar-refractivity contribution < 1.29 is 19.8 Å². The lowest BCUT2D eigenvalue weighted by Gasteiger charge is -2.31. The van der Waals surface area contributed by atoms with Gasteiger partial charge in [-0.2, -0.15) is 0 Å². The van der Waals surface area contributed by atoms with Crippen molar-refractivity contribution in [2.24, 2.45) is 17.3 Å². The van der Waals surface area contributed by atoms with Gasteiger partial charge in [-0.15, -0.1) is 0 Å². The van der Waals surface area contributed by atoms with Crippen molar-refractivity contribution in [3.63, 3.8) is 0 Å². The van der Waals surface area contributed by atoms with E-state index in [-0.39, 0.29) is 23.9 Å². The minimum absolute atomic E-state index is 0.0574. The normalized spacial score (nSPS) is 22.2. The van der Waals surface area contributed by atoms with Crippen LogP contribution in [-0.2, 0) is 9.59 Å². The lowest BCUT2D eigenvalue weighted by molar-refractivity contribution is -0.137. The molecule has 0 aliphatic heterocycles. The molecule has 0 aromatic carbocycles. The number of rotatable bonds is 13. The molecule has 26 heavy (non-hydrogen) atoms. The number of ketones is 1. The van der Waals surface area contributed by atoms with Crippen LogP contribution in [0.3, 0.4) is 0 Å². The van der Waals surface area contributed by atoms with Gasteiger partial charge >= 0.3 is 5.97 Å². The predicted molar refractivity (Wildman–Crippen MR) is 105 cm³/mol. The molecular formula is C22H38O4. The molecule has 0 radical (unpaired) electrons. The smallest absolute Gasteiger partial charge is 0.303 e. The van der Waals surface area contributed by atoms with E-state index >= 15 is 0 Å². The molecule has 1 aliphatic rings. The highest BCUT2D eigenvalue weighted by atomic mass is 16.4. The molecule has 0 heterocycles. The first-order valence-corrected chi connectivity index (χ1v) is 10.4. The van der Waals surface area contributed by atoms with E-state index in [4.69, 9.17) is 5.11 Å². The zero-order chi connectivity index (χ0) is 19.6. The fourth-order valence-corrected chi connectivity index (χ4v) is 3.94.